The second-order valence-electron chi connectivity index (χ2n) is 46.1. The minimum Gasteiger partial charge on any atom is -0.507 e. The number of hydrogen-bond acceptors (Lipinski definition) is 28. The number of azide groups is 3. The van der Waals surface area contributed by atoms with E-state index in [2.05, 4.69) is 295 Å². The fourth-order valence-electron chi connectivity index (χ4n) is 18.2. The van der Waals surface area contributed by atoms with Gasteiger partial charge in [0, 0.05) is 109 Å². The van der Waals surface area contributed by atoms with Gasteiger partial charge in [0.2, 0.25) is 11.8 Å². The summed E-state index contributed by atoms with van der Waals surface area (Å²) in [7, 11) is -15.2. The SMILES string of the molecule is C.C=C1[C@H](n2ccc(NC(C)=O)nc2=O)O[C@@H]2CO[Si](C(C)C)(C(C)C)O[Si](C(C)C)(C(C)C)O[C@@H]12.CC(=O)Nc1ccn([C@@H]2O[C@@H]3CO[Si](C(C)C)(C(C)C)O[Si](C(C)C)(C(C)C)O[C@H]3[C@@]2(C)N=[N+]=[N-])c(=O)n1.CC(C)(C)c1cc(C=NC(C)(C)C(C)(C)N=Cc2cc(C(C)(C)C)cc(C(C)(C)C)c2O)c(O)c(C(C)(C)C)c1.C[C@@]1(N=[N+]=[N-])[C@H](O)[C@@H](CO)O[C@H]1n1ccc(N)nc1=O.Cc1ccc(S(=O)(=O)N=[N+]=[N-])cc1.[Co]. The van der Waals surface area contributed by atoms with Gasteiger partial charge in [-0.25, -0.2) is 22.8 Å². The molecule has 3 aromatic heterocycles. The third kappa shape index (κ3) is 28.9. The molecule has 5 saturated heterocycles. The van der Waals surface area contributed by atoms with Crippen molar-refractivity contribution in [2.24, 2.45) is 24.7 Å². The summed E-state index contributed by atoms with van der Waals surface area (Å²) in [4.78, 5) is 90.0. The molecule has 1 radical (unpaired) electrons. The fraction of sp³-hybridized carbons (Fsp3) is 0.647. The van der Waals surface area contributed by atoms with E-state index in [1.54, 1.807) is 43.7 Å². The Morgan fingerprint density at radius 1 is 0.547 bits per heavy atom. The van der Waals surface area contributed by atoms with Crippen molar-refractivity contribution in [3.63, 3.8) is 0 Å². The van der Waals surface area contributed by atoms with Gasteiger partial charge in [0.05, 0.1) is 48.0 Å². The molecule has 0 spiro atoms. The molecule has 5 fully saturated rings. The predicted octanol–water partition coefficient (Wildman–Crippen LogP) is 20.9. The monoisotopic (exact) mass is 2190 g/mol. The molecule has 8 N–H and O–H groups in total. The number of anilines is 3. The summed E-state index contributed by atoms with van der Waals surface area (Å²) in [5.74, 6) is 0.260. The van der Waals surface area contributed by atoms with Crippen LogP contribution in [0, 0.1) is 6.92 Å². The number of aliphatic imine (C=N–C) groups is 2. The number of phenols is 2. The first-order valence-corrected chi connectivity index (χ1v) is 58.8. The molecule has 6 aromatic rings. The Morgan fingerprint density at radius 3 is 1.28 bits per heavy atom. The van der Waals surface area contributed by atoms with Crippen molar-refractivity contribution < 1.29 is 95.4 Å². The summed E-state index contributed by atoms with van der Waals surface area (Å²) in [5.41, 5.74) is 33.6. The van der Waals surface area contributed by atoms with E-state index < -0.39 is 145 Å². The zero-order valence-corrected chi connectivity index (χ0v) is 98.5. The van der Waals surface area contributed by atoms with Gasteiger partial charge in [-0.05, 0) is 185 Å². The van der Waals surface area contributed by atoms with E-state index in [0.29, 0.717) is 12.2 Å². The molecular weight excluding hydrogens is 2030 g/mol. The van der Waals surface area contributed by atoms with Crippen molar-refractivity contribution in [1.82, 2.24) is 28.7 Å². The Labute approximate surface area is 887 Å². The van der Waals surface area contributed by atoms with Crippen LogP contribution >= 0.6 is 0 Å². The van der Waals surface area contributed by atoms with E-state index in [-0.39, 0.29) is 142 Å². The number of carbonyl (C=O) groups is 2. The number of nitrogens with one attached hydrogen (secondary N) is 2. The quantitative estimate of drug-likeness (QED) is 0.00782. The van der Waals surface area contributed by atoms with Gasteiger partial charge >= 0.3 is 51.3 Å². The molecule has 0 aliphatic carbocycles. The third-order valence-electron chi connectivity index (χ3n) is 27.7. The Balaban J connectivity index is 0.000000337. The molecular formula is C102H164CoN20O20SSi4. The van der Waals surface area contributed by atoms with E-state index in [0.717, 1.165) is 43.5 Å². The van der Waals surface area contributed by atoms with Gasteiger partial charge in [0.15, 0.2) is 18.7 Å². The summed E-state index contributed by atoms with van der Waals surface area (Å²) >= 11 is 0. The van der Waals surface area contributed by atoms with Crippen LogP contribution < -0.4 is 33.4 Å². The molecule has 148 heavy (non-hydrogen) atoms. The molecule has 2 amide bonds. The second-order valence-corrected chi connectivity index (χ2v) is 65.3. The molecule has 11 atom stereocenters. The van der Waals surface area contributed by atoms with Crippen LogP contribution in [0.4, 0.5) is 17.5 Å². The van der Waals surface area contributed by atoms with E-state index in [1.165, 1.54) is 66.6 Å². The number of amides is 2. The summed E-state index contributed by atoms with van der Waals surface area (Å²) in [6, 6.07) is 18.9. The molecule has 0 saturated carbocycles. The summed E-state index contributed by atoms with van der Waals surface area (Å²) in [6.45, 7) is 80.3. The number of nitrogens with two attached hydrogens (primary N) is 1. The average Bonchev–Trinajstić information content (AvgIpc) is 1.60. The van der Waals surface area contributed by atoms with Gasteiger partial charge in [-0.1, -0.05) is 248 Å². The number of benzene rings is 3. The number of nitrogen functional groups attached to an aromatic ring is 1. The number of sulfonamides is 1. The number of aliphatic hydroxyl groups excluding tert-OH is 2. The van der Waals surface area contributed by atoms with Gasteiger partial charge in [-0.15, -0.1) is 0 Å². The van der Waals surface area contributed by atoms with Crippen molar-refractivity contribution in [2.45, 2.75) is 412 Å². The maximum Gasteiger partial charge on any atom is 0.351 e. The van der Waals surface area contributed by atoms with Crippen LogP contribution in [-0.4, -0.2) is 195 Å². The molecule has 3 aromatic carbocycles. The number of hydrogen-bond donors (Lipinski definition) is 7. The van der Waals surface area contributed by atoms with Crippen LogP contribution in [0.3, 0.4) is 0 Å². The molecule has 11 rings (SSSR count). The van der Waals surface area contributed by atoms with Crippen molar-refractivity contribution >= 4 is 86.0 Å². The first-order valence-electron chi connectivity index (χ1n) is 49.5. The van der Waals surface area contributed by atoms with Crippen LogP contribution in [0.2, 0.25) is 44.3 Å². The number of nitrogens with zero attached hydrogens (tertiary/aromatic N) is 17. The first kappa shape index (κ1) is 129. The van der Waals surface area contributed by atoms with Crippen LogP contribution in [-0.2, 0) is 98.2 Å². The Kier molecular flexibility index (Phi) is 43.5. The van der Waals surface area contributed by atoms with Gasteiger partial charge in [0.25, 0.3) is 10.0 Å². The molecule has 8 heterocycles. The van der Waals surface area contributed by atoms with Gasteiger partial charge in [-0.3, -0.25) is 33.3 Å². The number of aryl methyl sites for hydroxylation is 1. The molecule has 5 aliphatic rings. The minimum absolute atomic E-state index is 0. The van der Waals surface area contributed by atoms with E-state index >= 15 is 0 Å². The van der Waals surface area contributed by atoms with Crippen LogP contribution in [0.15, 0.2) is 141 Å². The minimum atomic E-state index is -3.82. The fourth-order valence-corrected chi connectivity index (χ4v) is 41.4. The van der Waals surface area contributed by atoms with Gasteiger partial charge in [-0.2, -0.15) is 15.0 Å². The Bertz CT molecular complexity index is 6040. The van der Waals surface area contributed by atoms with E-state index in [9.17, 15) is 58.3 Å². The van der Waals surface area contributed by atoms with Crippen LogP contribution in [0.1, 0.15) is 314 Å². The number of phenolic OH excluding ortho intramolecular Hbond substituents is 2. The Hall–Kier alpha value is -9.47. The molecule has 0 bridgehead atoms. The zero-order chi connectivity index (χ0) is 111. The van der Waals surface area contributed by atoms with E-state index in [1.807, 2.05) is 19.1 Å². The maximum atomic E-state index is 13.1. The largest absolute Gasteiger partial charge is 0.507 e. The number of ether oxygens (including phenoxy) is 3. The topological polar surface area (TPSA) is 558 Å². The van der Waals surface area contributed by atoms with Crippen molar-refractivity contribution in [3.05, 3.63) is 199 Å². The van der Waals surface area contributed by atoms with E-state index in [4.69, 9.17) is 66.9 Å². The Morgan fingerprint density at radius 2 is 0.919 bits per heavy atom. The predicted molar refractivity (Wildman–Crippen MR) is 584 cm³/mol. The van der Waals surface area contributed by atoms with Gasteiger partial charge < -0.3 is 76.9 Å². The molecule has 0 unspecified atom stereocenters. The first-order chi connectivity index (χ1) is 67.1. The number of fused-ring (bicyclic) bond motifs is 2. The van der Waals surface area contributed by atoms with Gasteiger partial charge in [0.1, 0.15) is 64.4 Å². The standard InChI is InChI=1S/C36H56N2O2.C24H42N6O6Si2.C24H41N3O6Si2.C10H14N6O4.C7H7N3O2S.CH4.Co/c1-31(2,3)25-17-23(29(39)27(19-25)33(7,8)9)21-37-35(13,14)36(15,16)38-22-24-18-26(32(4,5)6)20-28(30(24)40)34(10,11)12;1-14(2)37(15(3)4)33-13-19-21(35-38(36-37,16(5)6)17(7)8)24(10,28-29-25)22(34-19)30-12-11-20(26-18(9)31)27-23(30)32;1-14(2)34(15(3)4)30-13-20-22(32-35(33-34,16(5)6)17(7)8)18(9)23(31-20)27-12-11-21(25-19(10)28)26-24(27)29;1-10(14-15-12)7(18)5(4-17)20-8(10)16-3-2-6(11)13-9(16)19;1-6-2-4-7(5-3-6)13(11,12)10-9-8;;/h17-22,39-40H,1-16H3;11-12,14-17,19,21-22H,13H2,1-10H3,(H,26,27,31,32);11-12,14-17,20,22-23H,9,13H2,1-8,10H3,(H,25,26,28,29);2-3,5,7-8,17-18H,4H2,1H3,(H2,11,13,19);2-5H,1H3;1H4;/t;19-,21-,22-,24-;20-,22+,23-;5-,7-,8-,10-;;;/m.111.../s1. The zero-order valence-electron chi connectivity index (χ0n) is 92.6. The molecule has 5 aliphatic heterocycles. The number of rotatable bonds is 23. The molecule has 823 valence electrons. The van der Waals surface area contributed by atoms with Crippen LogP contribution in [0.25, 0.3) is 31.3 Å². The molecule has 40 nitrogen and oxygen atoms in total. The maximum absolute atomic E-state index is 13.1. The second kappa shape index (κ2) is 50.0. The summed E-state index contributed by atoms with van der Waals surface area (Å²) in [6.07, 6.45) is 0.628. The average molecular weight is 2190 g/mol. The van der Waals surface area contributed by atoms with Crippen molar-refractivity contribution in [1.29, 1.82) is 0 Å². The van der Waals surface area contributed by atoms with Crippen molar-refractivity contribution in [3.8, 4) is 11.5 Å². The third-order valence-corrected chi connectivity index (χ3v) is 49.3. The number of carbonyl (C=O) groups excluding carboxylic acids is 2. The number of aromatic hydroxyl groups is 2. The van der Waals surface area contributed by atoms with Crippen LogP contribution in [0.5, 0.6) is 11.5 Å². The smallest absolute Gasteiger partial charge is 0.351 e. The summed E-state index contributed by atoms with van der Waals surface area (Å²) < 4.78 is 89.0. The normalized spacial score (nSPS) is 22.8. The summed E-state index contributed by atoms with van der Waals surface area (Å²) in [5, 5.41) is 54.5. The van der Waals surface area contributed by atoms with Crippen molar-refractivity contribution in [2.75, 3.05) is 36.2 Å². The number of aliphatic hydroxyl groups is 2. The number of aromatic nitrogens is 6. The molecule has 46 heteroatoms.